The lowest BCUT2D eigenvalue weighted by Crippen LogP contribution is -2.15. The topological polar surface area (TPSA) is 85.1 Å². The average molecular weight is 302 g/mol. The number of nitrogen functional groups attached to an aromatic ring is 1. The average Bonchev–Trinajstić information content (AvgIpc) is 2.35. The van der Waals surface area contributed by atoms with Crippen LogP contribution >= 0.6 is 11.6 Å². The molecule has 1 heterocycles. The van der Waals surface area contributed by atoms with E-state index in [-0.39, 0.29) is 21.4 Å². The highest BCUT2D eigenvalue weighted by molar-refractivity contribution is 7.92. The minimum Gasteiger partial charge on any atom is -0.398 e. The molecule has 5 nitrogen and oxygen atoms in total. The number of sulfonamides is 1. The van der Waals surface area contributed by atoms with Crippen LogP contribution in [0.1, 0.15) is 0 Å². The molecule has 0 spiro atoms. The van der Waals surface area contributed by atoms with E-state index in [2.05, 4.69) is 9.71 Å². The molecule has 0 aliphatic rings. The first kappa shape index (κ1) is 13.6. The molecular weight excluding hydrogens is 293 g/mol. The van der Waals surface area contributed by atoms with Gasteiger partial charge in [0.2, 0.25) is 0 Å². The zero-order valence-corrected chi connectivity index (χ0v) is 11.0. The number of nitrogens with zero attached hydrogens (tertiary/aromatic N) is 1. The highest BCUT2D eigenvalue weighted by Gasteiger charge is 2.19. The van der Waals surface area contributed by atoms with Crippen molar-refractivity contribution in [2.24, 2.45) is 0 Å². The molecule has 0 fully saturated rings. The van der Waals surface area contributed by atoms with Crippen molar-refractivity contribution in [3.63, 3.8) is 0 Å². The maximum absolute atomic E-state index is 13.1. The van der Waals surface area contributed by atoms with Gasteiger partial charge in [0.05, 0.1) is 11.4 Å². The number of hydrogen-bond donors (Lipinski definition) is 2. The summed E-state index contributed by atoms with van der Waals surface area (Å²) in [6.07, 6.45) is 1.41. The van der Waals surface area contributed by atoms with Gasteiger partial charge in [-0.1, -0.05) is 11.6 Å². The van der Waals surface area contributed by atoms with E-state index in [0.717, 1.165) is 12.1 Å². The molecule has 19 heavy (non-hydrogen) atoms. The van der Waals surface area contributed by atoms with E-state index in [1.54, 1.807) is 0 Å². The number of nitrogens with one attached hydrogen (secondary N) is 1. The number of hydrogen-bond acceptors (Lipinski definition) is 4. The van der Waals surface area contributed by atoms with Gasteiger partial charge in [0, 0.05) is 6.20 Å². The van der Waals surface area contributed by atoms with Crippen LogP contribution < -0.4 is 10.5 Å². The molecule has 0 amide bonds. The molecule has 100 valence electrons. The van der Waals surface area contributed by atoms with Gasteiger partial charge in [-0.3, -0.25) is 4.72 Å². The lowest BCUT2D eigenvalue weighted by atomic mass is 10.3. The molecular formula is C11H9ClFN3O2S. The Morgan fingerprint density at radius 1 is 1.32 bits per heavy atom. The van der Waals surface area contributed by atoms with Gasteiger partial charge in [-0.2, -0.15) is 0 Å². The van der Waals surface area contributed by atoms with Crippen LogP contribution in [-0.2, 0) is 10.0 Å². The number of rotatable bonds is 3. The summed E-state index contributed by atoms with van der Waals surface area (Å²) in [5, 5.41) is -0.0129. The van der Waals surface area contributed by atoms with E-state index >= 15 is 0 Å². The second-order valence-corrected chi connectivity index (χ2v) is 5.64. The molecule has 0 saturated heterocycles. The van der Waals surface area contributed by atoms with Gasteiger partial charge in [0.25, 0.3) is 10.0 Å². The maximum Gasteiger partial charge on any atom is 0.264 e. The van der Waals surface area contributed by atoms with Crippen LogP contribution in [0.25, 0.3) is 0 Å². The minimum atomic E-state index is -4.03. The summed E-state index contributed by atoms with van der Waals surface area (Å²) in [4.78, 5) is 3.38. The summed E-state index contributed by atoms with van der Waals surface area (Å²) in [5.74, 6) is -0.702. The van der Waals surface area contributed by atoms with Gasteiger partial charge < -0.3 is 5.73 Å². The third-order valence-corrected chi connectivity index (χ3v) is 3.99. The van der Waals surface area contributed by atoms with Crippen molar-refractivity contribution >= 4 is 33.0 Å². The smallest absolute Gasteiger partial charge is 0.264 e. The summed E-state index contributed by atoms with van der Waals surface area (Å²) in [6, 6.07) is 6.03. The standard InChI is InChI=1S/C11H9ClFN3O2S/c12-11-9(2-1-5-15-11)16-19(17,18)10-6-7(13)3-4-8(10)14/h1-6,16H,14H2. The Kier molecular flexibility index (Phi) is 3.59. The lowest BCUT2D eigenvalue weighted by Gasteiger charge is -2.10. The second kappa shape index (κ2) is 5.02. The maximum atomic E-state index is 13.1. The van der Waals surface area contributed by atoms with Crippen molar-refractivity contribution in [1.29, 1.82) is 0 Å². The van der Waals surface area contributed by atoms with Gasteiger partial charge in [0.1, 0.15) is 10.7 Å². The molecule has 1 aromatic heterocycles. The summed E-state index contributed by atoms with van der Waals surface area (Å²) < 4.78 is 39.5. The third-order valence-electron chi connectivity index (χ3n) is 2.27. The fraction of sp³-hybridized carbons (Fsp3) is 0. The first-order valence-corrected chi connectivity index (χ1v) is 6.94. The summed E-state index contributed by atoms with van der Waals surface area (Å²) in [6.45, 7) is 0. The third kappa shape index (κ3) is 2.94. The van der Waals surface area contributed by atoms with Crippen LogP contribution in [-0.4, -0.2) is 13.4 Å². The fourth-order valence-corrected chi connectivity index (χ4v) is 2.84. The van der Waals surface area contributed by atoms with E-state index in [0.29, 0.717) is 0 Å². The number of aromatic nitrogens is 1. The van der Waals surface area contributed by atoms with Gasteiger partial charge in [-0.25, -0.2) is 17.8 Å². The van der Waals surface area contributed by atoms with Crippen LogP contribution in [0, 0.1) is 5.82 Å². The largest absolute Gasteiger partial charge is 0.398 e. The molecule has 8 heteroatoms. The first-order chi connectivity index (χ1) is 8.90. The van der Waals surface area contributed by atoms with E-state index in [9.17, 15) is 12.8 Å². The molecule has 0 saturated carbocycles. The normalized spacial score (nSPS) is 11.3. The van der Waals surface area contributed by atoms with Gasteiger partial charge in [-0.05, 0) is 30.3 Å². The Morgan fingerprint density at radius 3 is 2.74 bits per heavy atom. The van der Waals surface area contributed by atoms with Gasteiger partial charge >= 0.3 is 0 Å². The highest BCUT2D eigenvalue weighted by atomic mass is 35.5. The van der Waals surface area contributed by atoms with Crippen molar-refractivity contribution in [3.05, 3.63) is 47.5 Å². The molecule has 0 bridgehead atoms. The van der Waals surface area contributed by atoms with Crippen LogP contribution in [0.5, 0.6) is 0 Å². The van der Waals surface area contributed by atoms with Crippen LogP contribution in [0.4, 0.5) is 15.8 Å². The Hall–Kier alpha value is -1.86. The zero-order valence-electron chi connectivity index (χ0n) is 9.47. The van der Waals surface area contributed by atoms with Crippen molar-refractivity contribution in [2.45, 2.75) is 4.90 Å². The Labute approximate surface area is 114 Å². The molecule has 0 unspecified atom stereocenters. The Morgan fingerprint density at radius 2 is 2.05 bits per heavy atom. The summed E-state index contributed by atoms with van der Waals surface area (Å²) in [7, 11) is -4.03. The highest BCUT2D eigenvalue weighted by Crippen LogP contribution is 2.25. The SMILES string of the molecule is Nc1ccc(F)cc1S(=O)(=O)Nc1cccnc1Cl. The fourth-order valence-electron chi connectivity index (χ4n) is 1.40. The Bertz CT molecular complexity index is 722. The van der Waals surface area contributed by atoms with E-state index in [1.807, 2.05) is 0 Å². The summed E-state index contributed by atoms with van der Waals surface area (Å²) >= 11 is 5.75. The molecule has 0 aliphatic carbocycles. The predicted molar refractivity (Wildman–Crippen MR) is 70.9 cm³/mol. The first-order valence-electron chi connectivity index (χ1n) is 5.08. The zero-order chi connectivity index (χ0) is 14.0. The van der Waals surface area contributed by atoms with Crippen molar-refractivity contribution < 1.29 is 12.8 Å². The van der Waals surface area contributed by atoms with Gasteiger partial charge in [-0.15, -0.1) is 0 Å². The minimum absolute atomic E-state index is 0.0129. The number of halogens is 2. The van der Waals surface area contributed by atoms with E-state index < -0.39 is 15.8 Å². The molecule has 2 aromatic rings. The molecule has 2 rings (SSSR count). The Balaban J connectivity index is 2.44. The number of nitrogens with two attached hydrogens (primary N) is 1. The van der Waals surface area contributed by atoms with Gasteiger partial charge in [0.15, 0.2) is 5.15 Å². The quantitative estimate of drug-likeness (QED) is 0.672. The van der Waals surface area contributed by atoms with E-state index in [1.165, 1.54) is 24.4 Å². The van der Waals surface area contributed by atoms with Crippen LogP contribution in [0.15, 0.2) is 41.4 Å². The van der Waals surface area contributed by atoms with E-state index in [4.69, 9.17) is 17.3 Å². The monoisotopic (exact) mass is 301 g/mol. The van der Waals surface area contributed by atoms with Crippen LogP contribution in [0.2, 0.25) is 5.15 Å². The molecule has 0 atom stereocenters. The summed E-state index contributed by atoms with van der Waals surface area (Å²) in [5.41, 5.74) is 5.56. The van der Waals surface area contributed by atoms with Crippen molar-refractivity contribution in [1.82, 2.24) is 4.98 Å². The number of pyridine rings is 1. The second-order valence-electron chi connectivity index (χ2n) is 3.63. The number of anilines is 2. The number of benzene rings is 1. The van der Waals surface area contributed by atoms with Crippen molar-refractivity contribution in [3.8, 4) is 0 Å². The molecule has 1 aromatic carbocycles. The lowest BCUT2D eigenvalue weighted by molar-refractivity contribution is 0.596. The molecule has 0 aliphatic heterocycles. The predicted octanol–water partition coefficient (Wildman–Crippen LogP) is 2.26. The molecule has 3 N–H and O–H groups in total. The van der Waals surface area contributed by atoms with Crippen molar-refractivity contribution in [2.75, 3.05) is 10.5 Å². The molecule has 0 radical (unpaired) electrons. The van der Waals surface area contributed by atoms with Crippen LogP contribution in [0.3, 0.4) is 0 Å².